The molecule has 1 aromatic heterocycles. The third-order valence-electron chi connectivity index (χ3n) is 3.47. The van der Waals surface area contributed by atoms with Crippen molar-refractivity contribution in [2.24, 2.45) is 5.73 Å². The van der Waals surface area contributed by atoms with Crippen LogP contribution in [0.5, 0.6) is 0 Å². The molecule has 2 rings (SSSR count). The van der Waals surface area contributed by atoms with Crippen LogP contribution in [0.1, 0.15) is 24.8 Å². The number of nitrogens with two attached hydrogens (primary N) is 1. The van der Waals surface area contributed by atoms with Crippen molar-refractivity contribution in [2.75, 3.05) is 32.1 Å². The summed E-state index contributed by atoms with van der Waals surface area (Å²) >= 11 is 0. The molecule has 1 fully saturated rings. The average molecular weight is 248 g/mol. The molecule has 2 N–H and O–H groups in total. The Hall–Kier alpha value is -1.13. The maximum Gasteiger partial charge on any atom is 0.127 e. The number of likely N-dealkylation sites (tertiary alicyclic amines) is 1. The molecule has 4 heteroatoms. The van der Waals surface area contributed by atoms with E-state index in [0.29, 0.717) is 6.04 Å². The minimum absolute atomic E-state index is 0.335. The molecule has 1 aliphatic rings. The number of rotatable bonds is 3. The van der Waals surface area contributed by atoms with Gasteiger partial charge in [0.25, 0.3) is 0 Å². The lowest BCUT2D eigenvalue weighted by molar-refractivity contribution is 0.265. The van der Waals surface area contributed by atoms with E-state index in [1.165, 1.54) is 18.4 Å². The molecule has 1 atom stereocenters. The summed E-state index contributed by atoms with van der Waals surface area (Å²) < 4.78 is 0. The first-order valence-electron chi connectivity index (χ1n) is 6.75. The standard InChI is InChI=1S/C14H24N4/c1-17(2)14-7-6-12(9-16-14)10-18-8-4-3-5-13(15)11-18/h6-7,9,13H,3-5,8,10-11,15H2,1-2H3. The molecule has 1 saturated heterocycles. The van der Waals surface area contributed by atoms with Crippen molar-refractivity contribution in [1.82, 2.24) is 9.88 Å². The molecular formula is C14H24N4. The second-order valence-electron chi connectivity index (χ2n) is 5.41. The van der Waals surface area contributed by atoms with Crippen LogP contribution in [0.25, 0.3) is 0 Å². The highest BCUT2D eigenvalue weighted by Crippen LogP contribution is 2.14. The Labute approximate surface area is 110 Å². The maximum absolute atomic E-state index is 6.08. The summed E-state index contributed by atoms with van der Waals surface area (Å²) in [6, 6.07) is 4.58. The maximum atomic E-state index is 6.08. The number of aromatic nitrogens is 1. The van der Waals surface area contributed by atoms with E-state index in [2.05, 4.69) is 22.0 Å². The number of hydrogen-bond acceptors (Lipinski definition) is 4. The van der Waals surface area contributed by atoms with E-state index in [1.807, 2.05) is 25.2 Å². The fraction of sp³-hybridized carbons (Fsp3) is 0.643. The van der Waals surface area contributed by atoms with Gasteiger partial charge in [0.15, 0.2) is 0 Å². The van der Waals surface area contributed by atoms with Crippen LogP contribution in [-0.4, -0.2) is 43.1 Å². The Bertz CT molecular complexity index is 361. The Kier molecular flexibility index (Phi) is 4.55. The van der Waals surface area contributed by atoms with Crippen molar-refractivity contribution < 1.29 is 0 Å². The normalized spacial score (nSPS) is 21.6. The molecular weight excluding hydrogens is 224 g/mol. The molecule has 0 bridgehead atoms. The topological polar surface area (TPSA) is 45.4 Å². The van der Waals surface area contributed by atoms with E-state index in [1.54, 1.807) is 0 Å². The van der Waals surface area contributed by atoms with Crippen molar-refractivity contribution in [2.45, 2.75) is 31.8 Å². The summed E-state index contributed by atoms with van der Waals surface area (Å²) in [4.78, 5) is 8.92. The summed E-state index contributed by atoms with van der Waals surface area (Å²) in [5, 5.41) is 0. The van der Waals surface area contributed by atoms with Gasteiger partial charge in [-0.05, 0) is 31.0 Å². The van der Waals surface area contributed by atoms with Crippen LogP contribution in [-0.2, 0) is 6.54 Å². The van der Waals surface area contributed by atoms with Gasteiger partial charge in [0.1, 0.15) is 5.82 Å². The molecule has 0 spiro atoms. The highest BCUT2D eigenvalue weighted by Gasteiger charge is 2.15. The highest BCUT2D eigenvalue weighted by molar-refractivity contribution is 5.37. The lowest BCUT2D eigenvalue weighted by atomic mass is 10.1. The van der Waals surface area contributed by atoms with E-state index in [9.17, 15) is 0 Å². The number of pyridine rings is 1. The minimum Gasteiger partial charge on any atom is -0.363 e. The molecule has 2 heterocycles. The van der Waals surface area contributed by atoms with Crippen molar-refractivity contribution in [3.8, 4) is 0 Å². The van der Waals surface area contributed by atoms with Gasteiger partial charge in [0, 0.05) is 39.4 Å². The summed E-state index contributed by atoms with van der Waals surface area (Å²) in [5.74, 6) is 1.01. The fourth-order valence-electron chi connectivity index (χ4n) is 2.43. The predicted molar refractivity (Wildman–Crippen MR) is 75.7 cm³/mol. The number of hydrogen-bond donors (Lipinski definition) is 1. The van der Waals surface area contributed by atoms with Gasteiger partial charge < -0.3 is 10.6 Å². The van der Waals surface area contributed by atoms with Crippen LogP contribution in [0, 0.1) is 0 Å². The zero-order valence-corrected chi connectivity index (χ0v) is 11.5. The molecule has 0 aliphatic carbocycles. The van der Waals surface area contributed by atoms with Gasteiger partial charge in [-0.3, -0.25) is 4.90 Å². The van der Waals surface area contributed by atoms with E-state index in [0.717, 1.165) is 31.9 Å². The van der Waals surface area contributed by atoms with Gasteiger partial charge in [-0.15, -0.1) is 0 Å². The molecule has 1 unspecified atom stereocenters. The summed E-state index contributed by atoms with van der Waals surface area (Å²) in [7, 11) is 4.02. The quantitative estimate of drug-likeness (QED) is 0.879. The smallest absolute Gasteiger partial charge is 0.127 e. The van der Waals surface area contributed by atoms with Crippen LogP contribution in [0.4, 0.5) is 5.82 Å². The Morgan fingerprint density at radius 1 is 1.39 bits per heavy atom. The van der Waals surface area contributed by atoms with Gasteiger partial charge in [-0.1, -0.05) is 12.5 Å². The van der Waals surface area contributed by atoms with Gasteiger partial charge in [0.05, 0.1) is 0 Å². The van der Waals surface area contributed by atoms with Crippen molar-refractivity contribution in [3.05, 3.63) is 23.9 Å². The summed E-state index contributed by atoms with van der Waals surface area (Å²) in [6.07, 6.45) is 5.66. The Balaban J connectivity index is 1.95. The third-order valence-corrected chi connectivity index (χ3v) is 3.47. The van der Waals surface area contributed by atoms with Gasteiger partial charge in [-0.2, -0.15) is 0 Å². The van der Waals surface area contributed by atoms with Crippen LogP contribution in [0.15, 0.2) is 18.3 Å². The number of nitrogens with zero attached hydrogens (tertiary/aromatic N) is 3. The molecule has 1 aromatic rings. The molecule has 0 radical (unpaired) electrons. The largest absolute Gasteiger partial charge is 0.363 e. The highest BCUT2D eigenvalue weighted by atomic mass is 15.1. The third kappa shape index (κ3) is 3.68. The lowest BCUT2D eigenvalue weighted by Gasteiger charge is -2.22. The first-order valence-corrected chi connectivity index (χ1v) is 6.75. The first kappa shape index (κ1) is 13.3. The van der Waals surface area contributed by atoms with Gasteiger partial charge in [-0.25, -0.2) is 4.98 Å². The van der Waals surface area contributed by atoms with Crippen LogP contribution in [0.3, 0.4) is 0 Å². The van der Waals surface area contributed by atoms with Crippen molar-refractivity contribution in [3.63, 3.8) is 0 Å². The van der Waals surface area contributed by atoms with Gasteiger partial charge >= 0.3 is 0 Å². The first-order chi connectivity index (χ1) is 8.65. The van der Waals surface area contributed by atoms with E-state index in [4.69, 9.17) is 5.73 Å². The summed E-state index contributed by atoms with van der Waals surface area (Å²) in [5.41, 5.74) is 7.35. The zero-order chi connectivity index (χ0) is 13.0. The van der Waals surface area contributed by atoms with Crippen molar-refractivity contribution >= 4 is 5.82 Å². The molecule has 4 nitrogen and oxygen atoms in total. The number of anilines is 1. The molecule has 100 valence electrons. The molecule has 0 aromatic carbocycles. The second kappa shape index (κ2) is 6.16. The van der Waals surface area contributed by atoms with Crippen molar-refractivity contribution in [1.29, 1.82) is 0 Å². The van der Waals surface area contributed by atoms with Crippen LogP contribution >= 0.6 is 0 Å². The monoisotopic (exact) mass is 248 g/mol. The van der Waals surface area contributed by atoms with E-state index < -0.39 is 0 Å². The molecule has 1 aliphatic heterocycles. The SMILES string of the molecule is CN(C)c1ccc(CN2CCCCC(N)C2)cn1. The molecule has 18 heavy (non-hydrogen) atoms. The van der Waals surface area contributed by atoms with Crippen LogP contribution in [0.2, 0.25) is 0 Å². The van der Waals surface area contributed by atoms with Crippen LogP contribution < -0.4 is 10.6 Å². The summed E-state index contributed by atoms with van der Waals surface area (Å²) in [6.45, 7) is 3.13. The molecule has 0 amide bonds. The Morgan fingerprint density at radius 2 is 2.22 bits per heavy atom. The van der Waals surface area contributed by atoms with Gasteiger partial charge in [0.2, 0.25) is 0 Å². The van der Waals surface area contributed by atoms with E-state index >= 15 is 0 Å². The molecule has 0 saturated carbocycles. The fourth-order valence-corrected chi connectivity index (χ4v) is 2.43. The Morgan fingerprint density at radius 3 is 2.89 bits per heavy atom. The average Bonchev–Trinajstić information content (AvgIpc) is 2.54. The minimum atomic E-state index is 0.335. The second-order valence-corrected chi connectivity index (χ2v) is 5.41. The predicted octanol–water partition coefficient (Wildman–Crippen LogP) is 1.46. The lowest BCUT2D eigenvalue weighted by Crippen LogP contribution is -2.35. The van der Waals surface area contributed by atoms with E-state index in [-0.39, 0.29) is 0 Å². The zero-order valence-electron chi connectivity index (χ0n) is 11.5.